The number of piperazine rings is 1. The maximum Gasteiger partial charge on any atom is 0.410 e. The highest BCUT2D eigenvalue weighted by Gasteiger charge is 2.26. The summed E-state index contributed by atoms with van der Waals surface area (Å²) in [5, 5.41) is 0. The molecule has 4 nitrogen and oxygen atoms in total. The van der Waals surface area contributed by atoms with Gasteiger partial charge in [0.1, 0.15) is 5.60 Å². The Bertz CT molecular complexity index is 532. The van der Waals surface area contributed by atoms with Crippen LogP contribution in [0.2, 0.25) is 0 Å². The lowest BCUT2D eigenvalue weighted by Gasteiger charge is -2.37. The number of nitrogens with zero attached hydrogens (tertiary/aromatic N) is 2. The monoisotopic (exact) mass is 322 g/mol. The average molecular weight is 322 g/mol. The smallest absolute Gasteiger partial charge is 0.410 e. The molecule has 0 radical (unpaired) electrons. The fraction of sp³-hybridized carbons (Fsp3) is 0.588. The topological polar surface area (TPSA) is 32.8 Å². The normalized spacial score (nSPS) is 15.9. The van der Waals surface area contributed by atoms with Crippen LogP contribution in [0.15, 0.2) is 23.1 Å². The van der Waals surface area contributed by atoms with E-state index in [1.54, 1.807) is 4.90 Å². The fourth-order valence-electron chi connectivity index (χ4n) is 2.68. The van der Waals surface area contributed by atoms with Gasteiger partial charge in [-0.15, -0.1) is 12.6 Å². The van der Waals surface area contributed by atoms with E-state index in [4.69, 9.17) is 4.74 Å². The molecule has 1 saturated heterocycles. The van der Waals surface area contributed by atoms with Crippen LogP contribution in [0, 0.1) is 0 Å². The van der Waals surface area contributed by atoms with Crippen LogP contribution in [-0.2, 0) is 11.2 Å². The lowest BCUT2D eigenvalue weighted by Crippen LogP contribution is -2.50. The number of anilines is 1. The molecule has 0 aromatic heterocycles. The van der Waals surface area contributed by atoms with Crippen molar-refractivity contribution in [3.8, 4) is 0 Å². The highest BCUT2D eigenvalue weighted by molar-refractivity contribution is 7.80. The van der Waals surface area contributed by atoms with E-state index in [9.17, 15) is 4.79 Å². The zero-order valence-corrected chi connectivity index (χ0v) is 14.8. The molecule has 0 saturated carbocycles. The Labute approximate surface area is 138 Å². The summed E-state index contributed by atoms with van der Waals surface area (Å²) in [4.78, 5) is 17.3. The third-order valence-corrected chi connectivity index (χ3v) is 4.17. The zero-order chi connectivity index (χ0) is 16.3. The van der Waals surface area contributed by atoms with Gasteiger partial charge < -0.3 is 14.5 Å². The molecule has 0 spiro atoms. The molecule has 1 aliphatic heterocycles. The molecule has 0 N–H and O–H groups in total. The van der Waals surface area contributed by atoms with Crippen LogP contribution in [0.25, 0.3) is 0 Å². The number of carbonyl (C=O) groups excluding carboxylic acids is 1. The number of amides is 1. The molecule has 0 unspecified atom stereocenters. The molecule has 1 heterocycles. The molecule has 1 aromatic rings. The molecular weight excluding hydrogens is 296 g/mol. The van der Waals surface area contributed by atoms with Crippen LogP contribution in [0.4, 0.5) is 10.5 Å². The first-order valence-corrected chi connectivity index (χ1v) is 8.30. The van der Waals surface area contributed by atoms with Crippen LogP contribution in [0.1, 0.15) is 33.3 Å². The molecule has 122 valence electrons. The Hall–Kier alpha value is -1.36. The van der Waals surface area contributed by atoms with Crippen molar-refractivity contribution in [3.05, 3.63) is 23.8 Å². The lowest BCUT2D eigenvalue weighted by atomic mass is 10.1. The Morgan fingerprint density at radius 1 is 1.23 bits per heavy atom. The molecule has 22 heavy (non-hydrogen) atoms. The van der Waals surface area contributed by atoms with Crippen LogP contribution >= 0.6 is 12.6 Å². The van der Waals surface area contributed by atoms with Crippen molar-refractivity contribution in [3.63, 3.8) is 0 Å². The average Bonchev–Trinajstić information content (AvgIpc) is 2.45. The largest absolute Gasteiger partial charge is 0.444 e. The van der Waals surface area contributed by atoms with E-state index in [-0.39, 0.29) is 6.09 Å². The second kappa shape index (κ2) is 6.82. The molecule has 0 aliphatic carbocycles. The number of rotatable bonds is 2. The lowest BCUT2D eigenvalue weighted by molar-refractivity contribution is 0.0240. The molecule has 1 aromatic carbocycles. The second-order valence-corrected chi connectivity index (χ2v) is 7.06. The first-order valence-electron chi connectivity index (χ1n) is 7.85. The number of hydrogen-bond acceptors (Lipinski definition) is 4. The van der Waals surface area contributed by atoms with Crippen molar-refractivity contribution >= 4 is 24.4 Å². The summed E-state index contributed by atoms with van der Waals surface area (Å²) in [5.74, 6) is 0. The van der Waals surface area contributed by atoms with Gasteiger partial charge >= 0.3 is 6.09 Å². The van der Waals surface area contributed by atoms with Crippen LogP contribution in [0.5, 0.6) is 0 Å². The van der Waals surface area contributed by atoms with Crippen molar-refractivity contribution < 1.29 is 9.53 Å². The fourth-order valence-corrected chi connectivity index (χ4v) is 3.04. The Morgan fingerprint density at radius 2 is 1.86 bits per heavy atom. The Balaban J connectivity index is 2.01. The predicted octanol–water partition coefficient (Wildman–Crippen LogP) is 3.59. The number of benzene rings is 1. The standard InChI is InChI=1S/C17H26N2O2S/c1-5-13-14(7-6-8-15(13)22)18-9-11-19(12-10-18)16(20)21-17(2,3)4/h6-8,22H,5,9-12H2,1-4H3. The second-order valence-electron chi connectivity index (χ2n) is 6.58. The van der Waals surface area contributed by atoms with Gasteiger partial charge in [0.25, 0.3) is 0 Å². The number of carbonyl (C=O) groups is 1. The number of thiol groups is 1. The molecule has 1 fully saturated rings. The number of hydrogen-bond donors (Lipinski definition) is 1. The minimum atomic E-state index is -0.441. The van der Waals surface area contributed by atoms with Crippen molar-refractivity contribution in [2.45, 2.75) is 44.6 Å². The summed E-state index contributed by atoms with van der Waals surface area (Å²) in [6.45, 7) is 10.9. The Morgan fingerprint density at radius 3 is 2.41 bits per heavy atom. The molecule has 2 rings (SSSR count). The minimum absolute atomic E-state index is 0.217. The summed E-state index contributed by atoms with van der Waals surface area (Å²) >= 11 is 4.55. The van der Waals surface area contributed by atoms with Gasteiger partial charge in [0.2, 0.25) is 0 Å². The highest BCUT2D eigenvalue weighted by atomic mass is 32.1. The van der Waals surface area contributed by atoms with Gasteiger partial charge in [0, 0.05) is 36.8 Å². The van der Waals surface area contributed by atoms with E-state index >= 15 is 0 Å². The third kappa shape index (κ3) is 4.09. The van der Waals surface area contributed by atoms with E-state index in [2.05, 4.69) is 30.5 Å². The van der Waals surface area contributed by atoms with Gasteiger partial charge in [0.15, 0.2) is 0 Å². The van der Waals surface area contributed by atoms with E-state index in [1.165, 1.54) is 11.3 Å². The highest BCUT2D eigenvalue weighted by Crippen LogP contribution is 2.28. The van der Waals surface area contributed by atoms with E-state index in [0.29, 0.717) is 13.1 Å². The molecule has 0 bridgehead atoms. The summed E-state index contributed by atoms with van der Waals surface area (Å²) in [6, 6.07) is 6.21. The van der Waals surface area contributed by atoms with E-state index < -0.39 is 5.60 Å². The molecular formula is C17H26N2O2S. The predicted molar refractivity (Wildman–Crippen MR) is 93.1 cm³/mol. The maximum atomic E-state index is 12.1. The van der Waals surface area contributed by atoms with Crippen molar-refractivity contribution in [2.75, 3.05) is 31.1 Å². The van der Waals surface area contributed by atoms with Gasteiger partial charge in [0.05, 0.1) is 0 Å². The van der Waals surface area contributed by atoms with Gasteiger partial charge in [-0.2, -0.15) is 0 Å². The molecule has 5 heteroatoms. The van der Waals surface area contributed by atoms with Gasteiger partial charge in [-0.25, -0.2) is 4.79 Å². The summed E-state index contributed by atoms with van der Waals surface area (Å²) < 4.78 is 5.44. The maximum absolute atomic E-state index is 12.1. The Kier molecular flexibility index (Phi) is 5.27. The van der Waals surface area contributed by atoms with Crippen LogP contribution < -0.4 is 4.90 Å². The van der Waals surface area contributed by atoms with E-state index in [0.717, 1.165) is 24.4 Å². The summed E-state index contributed by atoms with van der Waals surface area (Å²) in [7, 11) is 0. The van der Waals surface area contributed by atoms with Gasteiger partial charge in [-0.05, 0) is 44.9 Å². The quantitative estimate of drug-likeness (QED) is 0.845. The summed E-state index contributed by atoms with van der Waals surface area (Å²) in [5.41, 5.74) is 2.07. The van der Waals surface area contributed by atoms with Gasteiger partial charge in [-0.3, -0.25) is 0 Å². The summed E-state index contributed by atoms with van der Waals surface area (Å²) in [6.07, 6.45) is 0.743. The van der Waals surface area contributed by atoms with Gasteiger partial charge in [-0.1, -0.05) is 13.0 Å². The minimum Gasteiger partial charge on any atom is -0.444 e. The number of ether oxygens (including phenoxy) is 1. The van der Waals surface area contributed by atoms with Crippen LogP contribution in [-0.4, -0.2) is 42.8 Å². The van der Waals surface area contributed by atoms with Crippen molar-refractivity contribution in [1.29, 1.82) is 0 Å². The first-order chi connectivity index (χ1) is 10.3. The van der Waals surface area contributed by atoms with Crippen LogP contribution in [0.3, 0.4) is 0 Å². The van der Waals surface area contributed by atoms with E-state index in [1.807, 2.05) is 32.9 Å². The zero-order valence-electron chi connectivity index (χ0n) is 13.9. The SMILES string of the molecule is CCc1c(S)cccc1N1CCN(C(=O)OC(C)(C)C)CC1. The van der Waals surface area contributed by atoms with Crippen molar-refractivity contribution in [1.82, 2.24) is 4.90 Å². The molecule has 1 amide bonds. The molecule has 0 atom stereocenters. The third-order valence-electron chi connectivity index (χ3n) is 3.75. The van der Waals surface area contributed by atoms with Crippen molar-refractivity contribution in [2.24, 2.45) is 0 Å². The first kappa shape index (κ1) is 17.0. The molecule has 1 aliphatic rings.